The fourth-order valence-electron chi connectivity index (χ4n) is 2.74. The van der Waals surface area contributed by atoms with E-state index in [2.05, 4.69) is 11.9 Å². The maximum absolute atomic E-state index is 12.4. The number of nitrogens with one attached hydrogen (secondary N) is 1. The standard InChI is InChI=1S/C19H15N3O6/c1-3-8-21-18(24)15(17(23)20-19(21)25)10-13-5-7-16(28-13)14-6-4-12(22(26)27)9-11(14)2/h3-7,9-10H,1,8H2,2H3,(H,20,23,25). The maximum atomic E-state index is 12.4. The second-order valence-corrected chi connectivity index (χ2v) is 5.98. The summed E-state index contributed by atoms with van der Waals surface area (Å²) in [7, 11) is 0. The number of hydrogen-bond donors (Lipinski definition) is 1. The number of carbonyl (C=O) groups excluding carboxylic acids is 3. The van der Waals surface area contributed by atoms with Crippen molar-refractivity contribution in [1.29, 1.82) is 0 Å². The van der Waals surface area contributed by atoms with Crippen molar-refractivity contribution in [2.24, 2.45) is 0 Å². The van der Waals surface area contributed by atoms with E-state index in [4.69, 9.17) is 4.42 Å². The highest BCUT2D eigenvalue weighted by molar-refractivity contribution is 6.30. The van der Waals surface area contributed by atoms with Gasteiger partial charge in [0.1, 0.15) is 17.1 Å². The largest absolute Gasteiger partial charge is 0.457 e. The van der Waals surface area contributed by atoms with Crippen molar-refractivity contribution in [3.8, 4) is 11.3 Å². The SMILES string of the molecule is C=CCN1C(=O)NC(=O)C(=Cc2ccc(-c3ccc([N+](=O)[O-])cc3C)o2)C1=O. The van der Waals surface area contributed by atoms with Crippen LogP contribution in [0.25, 0.3) is 17.4 Å². The van der Waals surface area contributed by atoms with Crippen molar-refractivity contribution >= 4 is 29.6 Å². The van der Waals surface area contributed by atoms with E-state index in [-0.39, 0.29) is 23.6 Å². The second-order valence-electron chi connectivity index (χ2n) is 5.98. The normalized spacial score (nSPS) is 15.7. The predicted octanol–water partition coefficient (Wildman–Crippen LogP) is 2.81. The monoisotopic (exact) mass is 381 g/mol. The van der Waals surface area contributed by atoms with Gasteiger partial charge in [0.2, 0.25) is 0 Å². The number of non-ortho nitro benzene ring substituents is 1. The molecule has 1 aliphatic heterocycles. The molecule has 0 bridgehead atoms. The Kier molecular flexibility index (Phi) is 4.90. The molecule has 4 amide bonds. The van der Waals surface area contributed by atoms with Gasteiger partial charge in [-0.3, -0.25) is 29.9 Å². The fourth-order valence-corrected chi connectivity index (χ4v) is 2.74. The van der Waals surface area contributed by atoms with E-state index < -0.39 is 22.8 Å². The number of carbonyl (C=O) groups is 3. The quantitative estimate of drug-likeness (QED) is 0.279. The lowest BCUT2D eigenvalue weighted by molar-refractivity contribution is -0.384. The lowest BCUT2D eigenvalue weighted by Crippen LogP contribution is -2.54. The van der Waals surface area contributed by atoms with E-state index in [0.29, 0.717) is 16.9 Å². The van der Waals surface area contributed by atoms with Gasteiger partial charge >= 0.3 is 6.03 Å². The van der Waals surface area contributed by atoms with Crippen LogP contribution in [0.4, 0.5) is 10.5 Å². The predicted molar refractivity (Wildman–Crippen MR) is 99.0 cm³/mol. The number of furan rings is 1. The van der Waals surface area contributed by atoms with Crippen LogP contribution >= 0.6 is 0 Å². The summed E-state index contributed by atoms with van der Waals surface area (Å²) in [5.74, 6) is -0.931. The zero-order valence-electron chi connectivity index (χ0n) is 14.8. The molecule has 0 radical (unpaired) electrons. The van der Waals surface area contributed by atoms with E-state index in [1.807, 2.05) is 0 Å². The van der Waals surface area contributed by atoms with Gasteiger partial charge in [0.05, 0.1) is 4.92 Å². The zero-order chi connectivity index (χ0) is 20.4. The summed E-state index contributed by atoms with van der Waals surface area (Å²) in [6.45, 7) is 5.14. The lowest BCUT2D eigenvalue weighted by atomic mass is 10.1. The molecule has 2 aromatic rings. The number of urea groups is 1. The fraction of sp³-hybridized carbons (Fsp3) is 0.105. The zero-order valence-corrected chi connectivity index (χ0v) is 14.8. The van der Waals surface area contributed by atoms with Crippen LogP contribution in [0.5, 0.6) is 0 Å². The minimum atomic E-state index is -0.820. The van der Waals surface area contributed by atoms with Crippen LogP contribution in [0.3, 0.4) is 0 Å². The van der Waals surface area contributed by atoms with Gasteiger partial charge in [0.15, 0.2) is 0 Å². The Morgan fingerprint density at radius 1 is 1.25 bits per heavy atom. The van der Waals surface area contributed by atoms with Crippen LogP contribution in [0, 0.1) is 17.0 Å². The third-order valence-electron chi connectivity index (χ3n) is 4.10. The maximum Gasteiger partial charge on any atom is 0.331 e. The Balaban J connectivity index is 1.92. The molecule has 142 valence electrons. The van der Waals surface area contributed by atoms with Crippen molar-refractivity contribution < 1.29 is 23.7 Å². The molecule has 28 heavy (non-hydrogen) atoms. The summed E-state index contributed by atoms with van der Waals surface area (Å²) < 4.78 is 5.67. The molecule has 3 rings (SSSR count). The Hall–Kier alpha value is -4.01. The van der Waals surface area contributed by atoms with Gasteiger partial charge in [-0.25, -0.2) is 4.79 Å². The number of rotatable bonds is 5. The number of nitro groups is 1. The van der Waals surface area contributed by atoms with E-state index in [0.717, 1.165) is 4.90 Å². The van der Waals surface area contributed by atoms with Gasteiger partial charge < -0.3 is 4.42 Å². The lowest BCUT2D eigenvalue weighted by Gasteiger charge is -2.24. The number of nitrogens with zero attached hydrogens (tertiary/aromatic N) is 2. The van der Waals surface area contributed by atoms with E-state index in [9.17, 15) is 24.5 Å². The summed E-state index contributed by atoms with van der Waals surface area (Å²) >= 11 is 0. The van der Waals surface area contributed by atoms with Crippen molar-refractivity contribution in [2.45, 2.75) is 6.92 Å². The molecule has 1 aliphatic rings. The molecule has 0 unspecified atom stereocenters. The number of imide groups is 2. The van der Waals surface area contributed by atoms with Crippen LogP contribution in [0.2, 0.25) is 0 Å². The topological polar surface area (TPSA) is 123 Å². The average Bonchev–Trinajstić information content (AvgIpc) is 3.10. The van der Waals surface area contributed by atoms with Crippen molar-refractivity contribution in [3.63, 3.8) is 0 Å². The van der Waals surface area contributed by atoms with Crippen LogP contribution < -0.4 is 5.32 Å². The minimum absolute atomic E-state index is 0.0356. The van der Waals surface area contributed by atoms with E-state index >= 15 is 0 Å². The molecular formula is C19H15N3O6. The van der Waals surface area contributed by atoms with E-state index in [1.165, 1.54) is 24.3 Å². The average molecular weight is 381 g/mol. The highest BCUT2D eigenvalue weighted by atomic mass is 16.6. The third kappa shape index (κ3) is 3.45. The van der Waals surface area contributed by atoms with Gasteiger partial charge in [0, 0.05) is 24.2 Å². The van der Waals surface area contributed by atoms with Gasteiger partial charge in [-0.2, -0.15) is 0 Å². The Labute approximate surface area is 159 Å². The number of amides is 4. The highest BCUT2D eigenvalue weighted by Gasteiger charge is 2.35. The highest BCUT2D eigenvalue weighted by Crippen LogP contribution is 2.29. The van der Waals surface area contributed by atoms with Crippen molar-refractivity contribution in [3.05, 3.63) is 70.0 Å². The summed E-state index contributed by atoms with van der Waals surface area (Å²) in [6.07, 6.45) is 2.61. The van der Waals surface area contributed by atoms with E-state index in [1.54, 1.807) is 25.1 Å². The van der Waals surface area contributed by atoms with Crippen molar-refractivity contribution in [2.75, 3.05) is 6.54 Å². The number of benzene rings is 1. The first-order chi connectivity index (χ1) is 13.3. The molecule has 1 saturated heterocycles. The first-order valence-corrected chi connectivity index (χ1v) is 8.17. The molecule has 9 heteroatoms. The number of barbiturate groups is 1. The Bertz CT molecular complexity index is 1050. The van der Waals surface area contributed by atoms with Crippen LogP contribution in [0.1, 0.15) is 11.3 Å². The van der Waals surface area contributed by atoms with Gasteiger partial charge in [-0.1, -0.05) is 6.08 Å². The Morgan fingerprint density at radius 3 is 2.64 bits per heavy atom. The van der Waals surface area contributed by atoms with Crippen LogP contribution in [0.15, 0.2) is 53.0 Å². The van der Waals surface area contributed by atoms with Gasteiger partial charge in [0.25, 0.3) is 17.5 Å². The van der Waals surface area contributed by atoms with Gasteiger partial charge in [-0.05, 0) is 36.8 Å². The van der Waals surface area contributed by atoms with Gasteiger partial charge in [-0.15, -0.1) is 6.58 Å². The Morgan fingerprint density at radius 2 is 2.00 bits per heavy atom. The third-order valence-corrected chi connectivity index (χ3v) is 4.10. The number of hydrogen-bond acceptors (Lipinski definition) is 6. The minimum Gasteiger partial charge on any atom is -0.457 e. The summed E-state index contributed by atoms with van der Waals surface area (Å²) in [5, 5.41) is 12.9. The molecule has 1 N–H and O–H groups in total. The molecular weight excluding hydrogens is 366 g/mol. The summed E-state index contributed by atoms with van der Waals surface area (Å²) in [4.78, 5) is 47.4. The van der Waals surface area contributed by atoms with Crippen LogP contribution in [-0.4, -0.2) is 34.2 Å². The van der Waals surface area contributed by atoms with Crippen LogP contribution in [-0.2, 0) is 9.59 Å². The first-order valence-electron chi connectivity index (χ1n) is 8.17. The second kappa shape index (κ2) is 7.31. The number of aryl methyl sites for hydroxylation is 1. The van der Waals surface area contributed by atoms with Crippen molar-refractivity contribution in [1.82, 2.24) is 10.2 Å². The molecule has 1 fully saturated rings. The molecule has 0 atom stereocenters. The molecule has 1 aromatic carbocycles. The molecule has 9 nitrogen and oxygen atoms in total. The molecule has 1 aromatic heterocycles. The molecule has 2 heterocycles. The molecule has 0 aliphatic carbocycles. The molecule has 0 saturated carbocycles. The summed E-state index contributed by atoms with van der Waals surface area (Å²) in [5.41, 5.74) is 0.990. The summed E-state index contributed by atoms with van der Waals surface area (Å²) in [6, 6.07) is 6.71. The smallest absolute Gasteiger partial charge is 0.331 e. The molecule has 0 spiro atoms. The first kappa shape index (κ1) is 18.8. The number of nitro benzene ring substituents is 1.